The molecule has 0 amide bonds. The predicted molar refractivity (Wildman–Crippen MR) is 45.0 cm³/mol. The Labute approximate surface area is 76.2 Å². The smallest absolute Gasteiger partial charge is 0.309 e. The number of carboxylic acid groups (broad SMARTS) is 1. The summed E-state index contributed by atoms with van der Waals surface area (Å²) in [5.41, 5.74) is 0.808. The van der Waals surface area contributed by atoms with Crippen LogP contribution in [0, 0.1) is 11.8 Å². The molecule has 0 bridgehead atoms. The van der Waals surface area contributed by atoms with Crippen molar-refractivity contribution in [1.82, 2.24) is 0 Å². The molecule has 0 aromatic heterocycles. The molecule has 1 N–H and O–H groups in total. The Morgan fingerprint density at radius 1 is 1.46 bits per heavy atom. The van der Waals surface area contributed by atoms with Crippen molar-refractivity contribution in [2.75, 3.05) is 7.11 Å². The van der Waals surface area contributed by atoms with Gasteiger partial charge in [0.2, 0.25) is 0 Å². The Morgan fingerprint density at radius 2 is 2.00 bits per heavy atom. The van der Waals surface area contributed by atoms with Crippen molar-refractivity contribution >= 4 is 11.9 Å². The van der Waals surface area contributed by atoms with Gasteiger partial charge in [-0.3, -0.25) is 9.59 Å². The van der Waals surface area contributed by atoms with Gasteiger partial charge in [0.15, 0.2) is 0 Å². The van der Waals surface area contributed by atoms with E-state index in [0.717, 1.165) is 5.57 Å². The Kier molecular flexibility index (Phi) is 2.70. The second kappa shape index (κ2) is 3.60. The van der Waals surface area contributed by atoms with Gasteiger partial charge in [0, 0.05) is 0 Å². The molecule has 1 saturated carbocycles. The van der Waals surface area contributed by atoms with E-state index in [1.54, 1.807) is 0 Å². The van der Waals surface area contributed by atoms with Crippen molar-refractivity contribution in [3.8, 4) is 0 Å². The summed E-state index contributed by atoms with van der Waals surface area (Å²) < 4.78 is 4.52. The maximum atomic E-state index is 11.1. The summed E-state index contributed by atoms with van der Waals surface area (Å²) in [4.78, 5) is 21.9. The van der Waals surface area contributed by atoms with Crippen LogP contribution in [-0.4, -0.2) is 24.2 Å². The van der Waals surface area contributed by atoms with Gasteiger partial charge in [-0.1, -0.05) is 12.2 Å². The fourth-order valence-electron chi connectivity index (χ4n) is 1.65. The lowest BCUT2D eigenvalue weighted by Crippen LogP contribution is -2.26. The van der Waals surface area contributed by atoms with Crippen molar-refractivity contribution < 1.29 is 19.4 Å². The minimum atomic E-state index is -0.950. The van der Waals surface area contributed by atoms with Crippen molar-refractivity contribution in [2.45, 2.75) is 12.8 Å². The average molecular weight is 184 g/mol. The molecule has 1 fully saturated rings. The molecular formula is C9H12O4. The molecule has 1 rings (SSSR count). The van der Waals surface area contributed by atoms with E-state index in [-0.39, 0.29) is 0 Å². The lowest BCUT2D eigenvalue weighted by atomic mass is 9.97. The lowest BCUT2D eigenvalue weighted by Gasteiger charge is -2.11. The van der Waals surface area contributed by atoms with E-state index in [4.69, 9.17) is 5.11 Å². The molecule has 1 aliphatic carbocycles. The number of aliphatic carboxylic acids is 1. The Bertz CT molecular complexity index is 256. The van der Waals surface area contributed by atoms with E-state index in [1.807, 2.05) is 0 Å². The highest BCUT2D eigenvalue weighted by molar-refractivity contribution is 5.82. The molecule has 0 radical (unpaired) electrons. The first-order valence-electron chi connectivity index (χ1n) is 4.03. The number of carbonyl (C=O) groups is 2. The van der Waals surface area contributed by atoms with Gasteiger partial charge < -0.3 is 9.84 Å². The zero-order valence-electron chi connectivity index (χ0n) is 7.45. The molecular weight excluding hydrogens is 172 g/mol. The van der Waals surface area contributed by atoms with E-state index >= 15 is 0 Å². The zero-order chi connectivity index (χ0) is 10.0. The summed E-state index contributed by atoms with van der Waals surface area (Å²) >= 11 is 0. The standard InChI is InChI=1S/C9H12O4/c1-5-3-6(8(10)11)7(4-5)9(12)13-2/h6-7H,1,3-4H2,2H3,(H,10,11)/t6-,7-/m0/s1. The van der Waals surface area contributed by atoms with Gasteiger partial charge in [0.05, 0.1) is 18.9 Å². The Balaban J connectivity index is 2.77. The van der Waals surface area contributed by atoms with Gasteiger partial charge in [0.25, 0.3) is 0 Å². The van der Waals surface area contributed by atoms with E-state index in [0.29, 0.717) is 12.8 Å². The van der Waals surface area contributed by atoms with Gasteiger partial charge in [-0.15, -0.1) is 0 Å². The van der Waals surface area contributed by atoms with Crippen LogP contribution in [0.4, 0.5) is 0 Å². The number of hydrogen-bond donors (Lipinski definition) is 1. The largest absolute Gasteiger partial charge is 0.481 e. The van der Waals surface area contributed by atoms with Gasteiger partial charge in [-0.25, -0.2) is 0 Å². The van der Waals surface area contributed by atoms with Crippen LogP contribution in [0.3, 0.4) is 0 Å². The number of hydrogen-bond acceptors (Lipinski definition) is 3. The van der Waals surface area contributed by atoms with Gasteiger partial charge >= 0.3 is 11.9 Å². The first kappa shape index (κ1) is 9.77. The number of methoxy groups -OCH3 is 1. The first-order valence-corrected chi connectivity index (χ1v) is 4.03. The van der Waals surface area contributed by atoms with E-state index in [9.17, 15) is 9.59 Å². The quantitative estimate of drug-likeness (QED) is 0.510. The minimum absolute atomic E-state index is 0.384. The number of ether oxygens (including phenoxy) is 1. The molecule has 72 valence electrons. The minimum Gasteiger partial charge on any atom is -0.481 e. The van der Waals surface area contributed by atoms with Crippen molar-refractivity contribution in [3.63, 3.8) is 0 Å². The number of rotatable bonds is 2. The molecule has 0 unspecified atom stereocenters. The van der Waals surface area contributed by atoms with Crippen LogP contribution < -0.4 is 0 Å². The monoisotopic (exact) mass is 184 g/mol. The summed E-state index contributed by atoms with van der Waals surface area (Å²) in [7, 11) is 1.27. The summed E-state index contributed by atoms with van der Waals surface area (Å²) in [5, 5.41) is 8.80. The molecule has 2 atom stereocenters. The number of carbonyl (C=O) groups excluding carboxylic acids is 1. The second-order valence-electron chi connectivity index (χ2n) is 3.23. The van der Waals surface area contributed by atoms with Crippen LogP contribution in [-0.2, 0) is 14.3 Å². The van der Waals surface area contributed by atoms with Crippen LogP contribution in [0.5, 0.6) is 0 Å². The van der Waals surface area contributed by atoms with Crippen molar-refractivity contribution in [3.05, 3.63) is 12.2 Å². The molecule has 4 nitrogen and oxygen atoms in total. The maximum Gasteiger partial charge on any atom is 0.309 e. The summed E-state index contributed by atoms with van der Waals surface area (Å²) in [5.74, 6) is -2.60. The summed E-state index contributed by atoms with van der Waals surface area (Å²) in [6, 6.07) is 0. The molecule has 4 heteroatoms. The zero-order valence-corrected chi connectivity index (χ0v) is 7.45. The SMILES string of the molecule is C=C1C[C@H](C(=O)O)[C@@H](C(=O)OC)C1. The van der Waals surface area contributed by atoms with E-state index in [2.05, 4.69) is 11.3 Å². The molecule has 0 aromatic rings. The van der Waals surface area contributed by atoms with Crippen LogP contribution in [0.25, 0.3) is 0 Å². The van der Waals surface area contributed by atoms with Gasteiger partial charge in [0.1, 0.15) is 0 Å². The Morgan fingerprint density at radius 3 is 2.46 bits per heavy atom. The van der Waals surface area contributed by atoms with Crippen molar-refractivity contribution in [1.29, 1.82) is 0 Å². The fourth-order valence-corrected chi connectivity index (χ4v) is 1.65. The van der Waals surface area contributed by atoms with Crippen LogP contribution >= 0.6 is 0 Å². The highest BCUT2D eigenvalue weighted by Crippen LogP contribution is 2.35. The highest BCUT2D eigenvalue weighted by atomic mass is 16.5. The molecule has 0 spiro atoms. The molecule has 13 heavy (non-hydrogen) atoms. The summed E-state index contributed by atoms with van der Waals surface area (Å²) in [6.07, 6.45) is 0.818. The topological polar surface area (TPSA) is 63.6 Å². The molecule has 1 aliphatic rings. The molecule has 0 aliphatic heterocycles. The highest BCUT2D eigenvalue weighted by Gasteiger charge is 2.40. The number of carboxylic acids is 1. The molecule has 0 heterocycles. The third kappa shape index (κ3) is 1.88. The van der Waals surface area contributed by atoms with Crippen LogP contribution in [0.1, 0.15) is 12.8 Å². The van der Waals surface area contributed by atoms with Gasteiger partial charge in [-0.2, -0.15) is 0 Å². The fraction of sp³-hybridized carbons (Fsp3) is 0.556. The number of allylic oxidation sites excluding steroid dienone is 1. The summed E-state index contributed by atoms with van der Waals surface area (Å²) in [6.45, 7) is 3.68. The maximum absolute atomic E-state index is 11.1. The van der Waals surface area contributed by atoms with Crippen LogP contribution in [0.2, 0.25) is 0 Å². The van der Waals surface area contributed by atoms with Gasteiger partial charge in [-0.05, 0) is 12.8 Å². The number of esters is 1. The van der Waals surface area contributed by atoms with Crippen LogP contribution in [0.15, 0.2) is 12.2 Å². The average Bonchev–Trinajstić information content (AvgIpc) is 2.46. The third-order valence-electron chi connectivity index (χ3n) is 2.32. The molecule has 0 saturated heterocycles. The Hall–Kier alpha value is -1.32. The van der Waals surface area contributed by atoms with Crippen molar-refractivity contribution in [2.24, 2.45) is 11.8 Å². The lowest BCUT2D eigenvalue weighted by molar-refractivity contribution is -0.154. The van der Waals surface area contributed by atoms with E-state index < -0.39 is 23.8 Å². The first-order chi connectivity index (χ1) is 6.06. The predicted octanol–water partition coefficient (Wildman–Crippen LogP) is 0.826. The molecule has 0 aromatic carbocycles. The van der Waals surface area contributed by atoms with E-state index in [1.165, 1.54) is 7.11 Å². The third-order valence-corrected chi connectivity index (χ3v) is 2.32. The second-order valence-corrected chi connectivity index (χ2v) is 3.23. The normalized spacial score (nSPS) is 27.3.